The molecular weight excluding hydrogens is 596 g/mol. The van der Waals surface area contributed by atoms with Gasteiger partial charge in [0.15, 0.2) is 5.60 Å². The fourth-order valence-electron chi connectivity index (χ4n) is 6.48. The molecule has 48 heavy (non-hydrogen) atoms. The van der Waals surface area contributed by atoms with Crippen LogP contribution >= 0.6 is 0 Å². The number of benzene rings is 5. The second-order valence-electron chi connectivity index (χ2n) is 11.6. The summed E-state index contributed by atoms with van der Waals surface area (Å²) >= 11 is 0. The lowest BCUT2D eigenvalue weighted by Gasteiger charge is -2.39. The minimum Gasteiger partial charge on any atom is -0.449 e. The topological polar surface area (TPSA) is 67.9 Å². The lowest BCUT2D eigenvalue weighted by Crippen LogP contribution is -2.51. The van der Waals surface area contributed by atoms with Gasteiger partial charge in [-0.15, -0.1) is 13.2 Å². The number of carbonyl (C=O) groups is 2. The molecule has 240 valence electrons. The molecule has 5 aromatic rings. The number of ether oxygens (including phenoxy) is 1. The number of hydroxylamine groups is 2. The first-order valence-corrected chi connectivity index (χ1v) is 16.1. The molecule has 6 nitrogen and oxygen atoms in total. The lowest BCUT2D eigenvalue weighted by molar-refractivity contribution is -0.220. The van der Waals surface area contributed by atoms with Crippen molar-refractivity contribution >= 4 is 12.0 Å². The van der Waals surface area contributed by atoms with E-state index in [0.29, 0.717) is 0 Å². The highest BCUT2D eigenvalue weighted by Crippen LogP contribution is 2.45. The van der Waals surface area contributed by atoms with E-state index in [1.165, 1.54) is 5.06 Å². The fraction of sp³-hybridized carbons (Fsp3) is 0.143. The van der Waals surface area contributed by atoms with Crippen molar-refractivity contribution in [3.63, 3.8) is 0 Å². The molecule has 0 spiro atoms. The minimum absolute atomic E-state index is 0.0626. The SMILES string of the molecule is C=CC[C@H](NC(=O)OCC1c2ccccc2-c2ccccc21)C(=O)N(CC=C)OC(c1ccccc1)(c1ccccc1)c1ccccc1. The molecule has 0 unspecified atom stereocenters. The van der Waals surface area contributed by atoms with Gasteiger partial charge in [-0.05, 0) is 45.4 Å². The number of amides is 2. The Balaban J connectivity index is 1.27. The van der Waals surface area contributed by atoms with Crippen molar-refractivity contribution in [3.8, 4) is 11.1 Å². The van der Waals surface area contributed by atoms with Crippen LogP contribution < -0.4 is 5.32 Å². The summed E-state index contributed by atoms with van der Waals surface area (Å²) in [5, 5.41) is 4.07. The van der Waals surface area contributed by atoms with Gasteiger partial charge in [0.1, 0.15) is 12.6 Å². The maximum Gasteiger partial charge on any atom is 0.407 e. The number of hydrogen-bond donors (Lipinski definition) is 1. The first-order valence-electron chi connectivity index (χ1n) is 16.1. The Labute approximate surface area is 281 Å². The second kappa shape index (κ2) is 14.8. The summed E-state index contributed by atoms with van der Waals surface area (Å²) in [4.78, 5) is 34.6. The van der Waals surface area contributed by atoms with Gasteiger partial charge in [0.05, 0.1) is 6.54 Å². The Bertz CT molecular complexity index is 1730. The summed E-state index contributed by atoms with van der Waals surface area (Å²) in [6, 6.07) is 44.6. The van der Waals surface area contributed by atoms with E-state index in [9.17, 15) is 9.59 Å². The molecular formula is C42H38N2O4. The van der Waals surface area contributed by atoms with E-state index < -0.39 is 23.6 Å². The normalized spacial score (nSPS) is 12.7. The van der Waals surface area contributed by atoms with Gasteiger partial charge >= 0.3 is 6.09 Å². The molecule has 0 saturated carbocycles. The largest absolute Gasteiger partial charge is 0.449 e. The van der Waals surface area contributed by atoms with Crippen LogP contribution in [0, 0.1) is 0 Å². The summed E-state index contributed by atoms with van der Waals surface area (Å²) in [7, 11) is 0. The van der Waals surface area contributed by atoms with Gasteiger partial charge < -0.3 is 10.1 Å². The molecule has 1 atom stereocenters. The van der Waals surface area contributed by atoms with E-state index in [2.05, 4.69) is 42.7 Å². The Morgan fingerprint density at radius 2 is 1.15 bits per heavy atom. The molecule has 0 aromatic heterocycles. The van der Waals surface area contributed by atoms with Crippen LogP contribution in [0.2, 0.25) is 0 Å². The highest BCUT2D eigenvalue weighted by atomic mass is 16.7. The fourth-order valence-corrected chi connectivity index (χ4v) is 6.48. The quantitative estimate of drug-likeness (QED) is 0.0803. The molecule has 1 aliphatic rings. The maximum atomic E-state index is 14.4. The highest BCUT2D eigenvalue weighted by molar-refractivity contribution is 5.85. The van der Waals surface area contributed by atoms with Crippen LogP contribution in [0.1, 0.15) is 40.2 Å². The standard InChI is InChI=1S/C42H38N2O4/c1-3-18-39(43-41(46)47-30-38-36-27-16-14-25-34(36)35-26-15-17-28-37(35)38)40(45)44(29-4-2)48-42(31-19-8-5-9-20-31,32-21-10-6-11-22-32)33-23-12-7-13-24-33/h3-17,19-28,38-39H,1-2,18,29-30H2,(H,43,46)/t39-/m0/s1. The minimum atomic E-state index is -1.20. The lowest BCUT2D eigenvalue weighted by atomic mass is 9.80. The Morgan fingerprint density at radius 1 is 0.688 bits per heavy atom. The van der Waals surface area contributed by atoms with Crippen molar-refractivity contribution in [2.24, 2.45) is 0 Å². The van der Waals surface area contributed by atoms with Crippen molar-refractivity contribution < 1.29 is 19.2 Å². The predicted molar refractivity (Wildman–Crippen MR) is 189 cm³/mol. The highest BCUT2D eigenvalue weighted by Gasteiger charge is 2.42. The Hall–Kier alpha value is -5.72. The van der Waals surface area contributed by atoms with Crippen molar-refractivity contribution in [2.45, 2.75) is 24.0 Å². The molecule has 0 heterocycles. The van der Waals surface area contributed by atoms with Crippen LogP contribution in [-0.4, -0.2) is 36.3 Å². The van der Waals surface area contributed by atoms with Crippen LogP contribution in [0.3, 0.4) is 0 Å². The average molecular weight is 635 g/mol. The summed E-state index contributed by atoms with van der Waals surface area (Å²) in [6.07, 6.45) is 2.66. The molecule has 6 rings (SSSR count). The first-order chi connectivity index (χ1) is 23.6. The average Bonchev–Trinajstić information content (AvgIpc) is 3.46. The number of nitrogens with zero attached hydrogens (tertiary/aromatic N) is 1. The van der Waals surface area contributed by atoms with Crippen LogP contribution in [0.4, 0.5) is 4.79 Å². The van der Waals surface area contributed by atoms with E-state index in [0.717, 1.165) is 38.9 Å². The van der Waals surface area contributed by atoms with Crippen LogP contribution in [0.5, 0.6) is 0 Å². The third kappa shape index (κ3) is 6.43. The molecule has 5 aromatic carbocycles. The molecule has 6 heteroatoms. The molecule has 2 amide bonds. The zero-order chi connectivity index (χ0) is 33.3. The molecule has 0 bridgehead atoms. The number of fused-ring (bicyclic) bond motifs is 3. The van der Waals surface area contributed by atoms with Crippen LogP contribution in [-0.2, 0) is 20.0 Å². The molecule has 0 saturated heterocycles. The molecule has 1 N–H and O–H groups in total. The number of hydrogen-bond acceptors (Lipinski definition) is 4. The number of alkyl carbamates (subject to hydrolysis) is 1. The monoisotopic (exact) mass is 634 g/mol. The first kappa shape index (κ1) is 32.2. The molecule has 0 radical (unpaired) electrons. The van der Waals surface area contributed by atoms with Gasteiger partial charge in [-0.2, -0.15) is 0 Å². The van der Waals surface area contributed by atoms with Crippen molar-refractivity contribution in [3.05, 3.63) is 193 Å². The van der Waals surface area contributed by atoms with Gasteiger partial charge in [0.2, 0.25) is 0 Å². The summed E-state index contributed by atoms with van der Waals surface area (Å²) < 4.78 is 5.80. The van der Waals surface area contributed by atoms with Gasteiger partial charge in [-0.3, -0.25) is 4.79 Å². The second-order valence-corrected chi connectivity index (χ2v) is 11.6. The van der Waals surface area contributed by atoms with E-state index in [4.69, 9.17) is 9.57 Å². The smallest absolute Gasteiger partial charge is 0.407 e. The zero-order valence-electron chi connectivity index (χ0n) is 26.7. The van der Waals surface area contributed by atoms with E-state index in [-0.39, 0.29) is 25.5 Å². The maximum absolute atomic E-state index is 14.4. The van der Waals surface area contributed by atoms with Crippen LogP contribution in [0.15, 0.2) is 165 Å². The summed E-state index contributed by atoms with van der Waals surface area (Å²) in [5.41, 5.74) is 5.77. The third-order valence-corrected chi connectivity index (χ3v) is 8.67. The Morgan fingerprint density at radius 3 is 1.60 bits per heavy atom. The van der Waals surface area contributed by atoms with Gasteiger partial charge in [-0.1, -0.05) is 152 Å². The molecule has 0 fully saturated rings. The predicted octanol–water partition coefficient (Wildman–Crippen LogP) is 8.41. The van der Waals surface area contributed by atoms with E-state index >= 15 is 0 Å². The third-order valence-electron chi connectivity index (χ3n) is 8.67. The Kier molecular flexibility index (Phi) is 9.93. The van der Waals surface area contributed by atoms with Gasteiger partial charge in [0, 0.05) is 5.92 Å². The zero-order valence-corrected chi connectivity index (χ0v) is 26.7. The summed E-state index contributed by atoms with van der Waals surface area (Å²) in [6.45, 7) is 7.94. The van der Waals surface area contributed by atoms with Gasteiger partial charge in [-0.25, -0.2) is 14.7 Å². The van der Waals surface area contributed by atoms with Gasteiger partial charge in [0.25, 0.3) is 5.91 Å². The molecule has 1 aliphatic carbocycles. The van der Waals surface area contributed by atoms with Crippen molar-refractivity contribution in [1.29, 1.82) is 0 Å². The number of nitrogens with one attached hydrogen (secondary N) is 1. The van der Waals surface area contributed by atoms with Crippen LogP contribution in [0.25, 0.3) is 11.1 Å². The van der Waals surface area contributed by atoms with E-state index in [1.54, 1.807) is 12.2 Å². The number of rotatable bonds is 13. The summed E-state index contributed by atoms with van der Waals surface area (Å²) in [5.74, 6) is -0.573. The van der Waals surface area contributed by atoms with Crippen molar-refractivity contribution in [2.75, 3.05) is 13.2 Å². The molecule has 0 aliphatic heterocycles. The number of carbonyl (C=O) groups excluding carboxylic acids is 2. The van der Waals surface area contributed by atoms with Crippen molar-refractivity contribution in [1.82, 2.24) is 10.4 Å². The van der Waals surface area contributed by atoms with E-state index in [1.807, 2.05) is 115 Å².